The molecule has 1 aromatic heterocycles. The Bertz CT molecular complexity index is 217. The van der Waals surface area contributed by atoms with E-state index in [1.165, 1.54) is 0 Å². The van der Waals surface area contributed by atoms with E-state index in [9.17, 15) is 0 Å². The third-order valence-corrected chi connectivity index (χ3v) is 1.12. The molecule has 0 radical (unpaired) electrons. The van der Waals surface area contributed by atoms with Crippen LogP contribution in [0.15, 0.2) is 18.5 Å². The minimum absolute atomic E-state index is 0. The molecule has 0 unspecified atom stereocenters. The van der Waals surface area contributed by atoms with Crippen molar-refractivity contribution in [1.29, 1.82) is 0 Å². The van der Waals surface area contributed by atoms with Gasteiger partial charge in [0.1, 0.15) is 0 Å². The van der Waals surface area contributed by atoms with Gasteiger partial charge < -0.3 is 10.5 Å². The van der Waals surface area contributed by atoms with Gasteiger partial charge in [0.05, 0.1) is 18.5 Å². The molecule has 2 N–H and O–H groups in total. The van der Waals surface area contributed by atoms with Crippen LogP contribution in [0.1, 0.15) is 8.35 Å². The highest BCUT2D eigenvalue weighted by atomic mass is 16.5. The zero-order valence-corrected chi connectivity index (χ0v) is 5.87. The van der Waals surface area contributed by atoms with E-state index >= 15 is 0 Å². The van der Waals surface area contributed by atoms with Crippen LogP contribution < -0.4 is 10.5 Å². The maximum absolute atomic E-state index is 5.54. The molecular weight excluding hydrogens is 128 g/mol. The molecule has 0 fully saturated rings. The zero-order chi connectivity index (χ0) is 7.40. The normalized spacial score (nSPS) is 9.30. The zero-order valence-electron chi connectivity index (χ0n) is 5.87. The Morgan fingerprint density at radius 1 is 1.80 bits per heavy atom. The summed E-state index contributed by atoms with van der Waals surface area (Å²) in [7, 11) is 0. The lowest BCUT2D eigenvalue weighted by Gasteiger charge is -2.03. The molecular formula is C7H12N2O. The van der Waals surface area contributed by atoms with E-state index in [1.54, 1.807) is 18.5 Å². The van der Waals surface area contributed by atoms with E-state index in [1.807, 2.05) is 6.92 Å². The molecule has 0 bridgehead atoms. The summed E-state index contributed by atoms with van der Waals surface area (Å²) in [4.78, 5) is 3.86. The number of hydrogen-bond donors (Lipinski definition) is 1. The molecule has 0 aliphatic heterocycles. The highest BCUT2D eigenvalue weighted by Gasteiger charge is 1.95. The maximum atomic E-state index is 5.54. The molecule has 10 heavy (non-hydrogen) atoms. The van der Waals surface area contributed by atoms with Gasteiger partial charge in [0.2, 0.25) is 0 Å². The van der Waals surface area contributed by atoms with Crippen molar-refractivity contribution in [3.05, 3.63) is 18.5 Å². The molecule has 1 aromatic rings. The Balaban J connectivity index is 0.000001000. The summed E-state index contributed by atoms with van der Waals surface area (Å²) in [5.41, 5.74) is 6.18. The monoisotopic (exact) mass is 140 g/mol. The minimum atomic E-state index is 0. The Hall–Kier alpha value is -1.25. The molecule has 0 aliphatic carbocycles. The number of aromatic nitrogens is 1. The largest absolute Gasteiger partial charge is 0.490 e. The summed E-state index contributed by atoms with van der Waals surface area (Å²) in [5.74, 6) is 0.657. The van der Waals surface area contributed by atoms with Crippen molar-refractivity contribution in [2.24, 2.45) is 0 Å². The van der Waals surface area contributed by atoms with Gasteiger partial charge in [0.15, 0.2) is 5.75 Å². The molecule has 3 nitrogen and oxygen atoms in total. The number of ether oxygens (including phenoxy) is 1. The second kappa shape index (κ2) is 3.06. The number of rotatable bonds is 2. The minimum Gasteiger partial charge on any atom is -0.490 e. The van der Waals surface area contributed by atoms with Crippen LogP contribution in [0.2, 0.25) is 0 Å². The quantitative estimate of drug-likeness (QED) is 0.673. The first-order chi connectivity index (χ1) is 4.84. The first kappa shape index (κ1) is 6.86. The first-order valence-electron chi connectivity index (χ1n) is 3.17. The van der Waals surface area contributed by atoms with Gasteiger partial charge in [0, 0.05) is 7.62 Å². The Morgan fingerprint density at radius 2 is 2.60 bits per heavy atom. The van der Waals surface area contributed by atoms with Crippen molar-refractivity contribution in [3.63, 3.8) is 0 Å². The predicted molar refractivity (Wildman–Crippen MR) is 41.9 cm³/mol. The summed E-state index contributed by atoms with van der Waals surface area (Å²) >= 11 is 0. The van der Waals surface area contributed by atoms with Gasteiger partial charge in [-0.15, -0.1) is 0 Å². The number of nitrogens with zero attached hydrogens (tertiary/aromatic N) is 1. The van der Waals surface area contributed by atoms with Crippen molar-refractivity contribution < 1.29 is 6.16 Å². The lowest BCUT2D eigenvalue weighted by Crippen LogP contribution is -1.96. The molecule has 0 spiro atoms. The summed E-state index contributed by atoms with van der Waals surface area (Å²) in [6, 6.07) is 1.71. The number of anilines is 1. The predicted octanol–water partition coefficient (Wildman–Crippen LogP) is 1.31. The van der Waals surface area contributed by atoms with Crippen LogP contribution in [0.3, 0.4) is 0 Å². The first-order valence-corrected chi connectivity index (χ1v) is 3.17. The van der Waals surface area contributed by atoms with Gasteiger partial charge in [0.25, 0.3) is 0 Å². The highest BCUT2D eigenvalue weighted by Crippen LogP contribution is 2.17. The van der Waals surface area contributed by atoms with E-state index in [2.05, 4.69) is 4.98 Å². The third-order valence-electron chi connectivity index (χ3n) is 1.12. The van der Waals surface area contributed by atoms with Gasteiger partial charge in [-0.05, 0) is 13.0 Å². The average molecular weight is 140 g/mol. The van der Waals surface area contributed by atoms with Crippen molar-refractivity contribution in [2.75, 3.05) is 12.3 Å². The lowest BCUT2D eigenvalue weighted by atomic mass is 10.4. The van der Waals surface area contributed by atoms with Crippen LogP contribution >= 0.6 is 0 Å². The molecule has 0 aromatic carbocycles. The summed E-state index contributed by atoms with van der Waals surface area (Å²) < 4.78 is 5.15. The van der Waals surface area contributed by atoms with E-state index < -0.39 is 0 Å². The second-order valence-corrected chi connectivity index (χ2v) is 1.85. The Kier molecular flexibility index (Phi) is 2.10. The number of hydrogen-bond acceptors (Lipinski definition) is 3. The fraction of sp³-hybridized carbons (Fsp3) is 0.286. The number of pyridine rings is 1. The molecule has 0 saturated heterocycles. The van der Waals surface area contributed by atoms with Crippen LogP contribution in [-0.2, 0) is 0 Å². The SMILES string of the molecule is CCOc1cnccc1N.[HH]. The molecule has 1 rings (SSSR count). The van der Waals surface area contributed by atoms with Crippen LogP contribution in [0.25, 0.3) is 0 Å². The second-order valence-electron chi connectivity index (χ2n) is 1.85. The standard InChI is InChI=1S/C7H10N2O.H2/c1-2-10-7-5-9-4-3-6(7)8;/h3-5H,2H2,1H3,(H2,8,9);1H. The molecule has 0 amide bonds. The fourth-order valence-electron chi connectivity index (χ4n) is 0.667. The number of nitrogen functional groups attached to an aromatic ring is 1. The topological polar surface area (TPSA) is 48.1 Å². The van der Waals surface area contributed by atoms with E-state index in [0.29, 0.717) is 18.0 Å². The summed E-state index contributed by atoms with van der Waals surface area (Å²) in [6.45, 7) is 2.53. The van der Waals surface area contributed by atoms with Crippen LogP contribution in [0.5, 0.6) is 5.75 Å². The van der Waals surface area contributed by atoms with Gasteiger partial charge in [-0.3, -0.25) is 4.98 Å². The summed E-state index contributed by atoms with van der Waals surface area (Å²) in [6.07, 6.45) is 3.25. The van der Waals surface area contributed by atoms with Crippen molar-refractivity contribution in [2.45, 2.75) is 6.92 Å². The van der Waals surface area contributed by atoms with E-state index in [4.69, 9.17) is 10.5 Å². The average Bonchev–Trinajstić information content (AvgIpc) is 1.94. The van der Waals surface area contributed by atoms with Crippen molar-refractivity contribution >= 4 is 5.69 Å². The maximum Gasteiger partial charge on any atom is 0.160 e. The van der Waals surface area contributed by atoms with Crippen molar-refractivity contribution in [1.82, 2.24) is 4.98 Å². The van der Waals surface area contributed by atoms with Gasteiger partial charge in [-0.25, -0.2) is 0 Å². The fourth-order valence-corrected chi connectivity index (χ4v) is 0.667. The third kappa shape index (κ3) is 1.37. The van der Waals surface area contributed by atoms with E-state index in [0.717, 1.165) is 0 Å². The van der Waals surface area contributed by atoms with Crippen LogP contribution in [-0.4, -0.2) is 11.6 Å². The molecule has 0 aliphatic rings. The Morgan fingerprint density at radius 3 is 3.20 bits per heavy atom. The molecule has 3 heteroatoms. The molecule has 56 valence electrons. The Labute approximate surface area is 61.3 Å². The smallest absolute Gasteiger partial charge is 0.160 e. The van der Waals surface area contributed by atoms with Gasteiger partial charge in [-0.2, -0.15) is 0 Å². The highest BCUT2D eigenvalue weighted by molar-refractivity contribution is 5.49. The van der Waals surface area contributed by atoms with Crippen LogP contribution in [0.4, 0.5) is 5.69 Å². The lowest BCUT2D eigenvalue weighted by molar-refractivity contribution is 0.340. The van der Waals surface area contributed by atoms with Crippen LogP contribution in [0, 0.1) is 0 Å². The van der Waals surface area contributed by atoms with E-state index in [-0.39, 0.29) is 1.43 Å². The number of nitrogens with two attached hydrogens (primary N) is 1. The van der Waals surface area contributed by atoms with Gasteiger partial charge >= 0.3 is 0 Å². The van der Waals surface area contributed by atoms with Gasteiger partial charge in [-0.1, -0.05) is 0 Å². The molecule has 0 saturated carbocycles. The molecule has 0 atom stereocenters. The molecule has 1 heterocycles. The summed E-state index contributed by atoms with van der Waals surface area (Å²) in [5, 5.41) is 0. The van der Waals surface area contributed by atoms with Crippen molar-refractivity contribution in [3.8, 4) is 5.75 Å².